The summed E-state index contributed by atoms with van der Waals surface area (Å²) < 4.78 is 93.8. The van der Waals surface area contributed by atoms with Crippen molar-refractivity contribution in [1.29, 1.82) is 0 Å². The summed E-state index contributed by atoms with van der Waals surface area (Å²) in [7, 11) is 0. The number of carboxylic acids is 1. The number of hydrogen-bond acceptors (Lipinski definition) is 48. The first kappa shape index (κ1) is 99.1. The molecule has 8 aliphatic heterocycles. The van der Waals surface area contributed by atoms with Gasteiger partial charge in [0, 0.05) is 34.1 Å². The van der Waals surface area contributed by atoms with E-state index < -0.39 is 378 Å². The number of nitrogens with one attached hydrogen (secondary N) is 4. The SMILES string of the molecule is CC(=O)N[C@H]1[C@H](O[C@@H]2[C@@H](OC[C@H]3O[C@@H](O[C@@H]([C@H](O)[C@H](CO)NC(C)=O)[C@H](O)CO)[C@@H](O)[C@@H](O[C@H]4O[C@H](CO)[C@@H](O)[C@H](O)[C@@H]4O[C@@H]4O[C@H](CO)[C@@H](O[C@@H]5O[C@H](CO)[C@H](O)[C@H](O)[C@H]5O)[C@H](O)[C@H]4NC(C)=O)[C@@H]3O)O[C@H](CO)[C@@H](O)[C@@H]2O)O[C@H](CO)[C@@H](O[C@@H]2O[C@H](CO[C@]3(C(=O)O)C[C@H](O)[C@@H](NC(C)=O)[C@H]([C@H](O)[C@H](O)CO)O3)[C@H](O)[C@H](O)[C@H]2O)[C@@H]1O. The molecule has 0 bridgehead atoms. The molecule has 8 rings (SSSR count). The Kier molecular flexibility index (Phi) is 36.5. The monoisotopic (exact) mass is 1730 g/mol. The average Bonchev–Trinajstić information content (AvgIpc) is 0.769. The normalized spacial score (nSPS) is 44.7. The van der Waals surface area contributed by atoms with Crippen molar-refractivity contribution in [2.45, 2.75) is 310 Å². The molecule has 0 aromatic rings. The number of aliphatic hydroxyl groups excluding tert-OH is 27. The van der Waals surface area contributed by atoms with Crippen molar-refractivity contribution in [1.82, 2.24) is 21.3 Å². The zero-order valence-electron chi connectivity index (χ0n) is 63.3. The number of ether oxygens (including phenoxy) is 16. The van der Waals surface area contributed by atoms with E-state index in [1.165, 1.54) is 0 Å². The van der Waals surface area contributed by atoms with Gasteiger partial charge in [0.15, 0.2) is 44.0 Å². The van der Waals surface area contributed by atoms with Gasteiger partial charge in [0.25, 0.3) is 5.79 Å². The second kappa shape index (κ2) is 43.5. The lowest BCUT2D eigenvalue weighted by Gasteiger charge is -2.50. The minimum atomic E-state index is -3.08. The molecule has 0 aliphatic carbocycles. The molecule has 684 valence electrons. The van der Waals surface area contributed by atoms with Crippen molar-refractivity contribution >= 4 is 29.6 Å². The van der Waals surface area contributed by atoms with Gasteiger partial charge in [-0.1, -0.05) is 0 Å². The highest BCUT2D eigenvalue weighted by molar-refractivity contribution is 5.77. The van der Waals surface area contributed by atoms with Gasteiger partial charge >= 0.3 is 5.97 Å². The highest BCUT2D eigenvalue weighted by atomic mass is 16.8. The maximum atomic E-state index is 13.1. The lowest BCUT2D eigenvalue weighted by molar-refractivity contribution is -0.395. The van der Waals surface area contributed by atoms with Crippen molar-refractivity contribution in [3.63, 3.8) is 0 Å². The van der Waals surface area contributed by atoms with Crippen molar-refractivity contribution in [3.05, 3.63) is 0 Å². The first-order valence-corrected chi connectivity index (χ1v) is 37.2. The van der Waals surface area contributed by atoms with Crippen LogP contribution in [-0.2, 0) is 99.8 Å². The van der Waals surface area contributed by atoms with Crippen LogP contribution in [-0.4, -0.2) is 514 Å². The van der Waals surface area contributed by atoms with E-state index in [1.807, 2.05) is 0 Å². The van der Waals surface area contributed by atoms with E-state index in [4.69, 9.17) is 75.8 Å². The Balaban J connectivity index is 1.08. The third kappa shape index (κ3) is 22.5. The van der Waals surface area contributed by atoms with Crippen molar-refractivity contribution in [2.75, 3.05) is 66.1 Å². The van der Waals surface area contributed by atoms with Crippen LogP contribution in [0.3, 0.4) is 0 Å². The van der Waals surface area contributed by atoms with Gasteiger partial charge in [0.05, 0.1) is 84.3 Å². The summed E-state index contributed by atoms with van der Waals surface area (Å²) in [6.07, 6.45) is -88.7. The quantitative estimate of drug-likeness (QED) is 0.0277. The third-order valence-electron chi connectivity index (χ3n) is 21.0. The van der Waals surface area contributed by atoms with Gasteiger partial charge in [-0.2, -0.15) is 0 Å². The summed E-state index contributed by atoms with van der Waals surface area (Å²) in [5.74, 6) is -8.83. The molecule has 0 aromatic heterocycles. The number of carbonyl (C=O) groups is 5. The molecule has 0 spiro atoms. The molecule has 8 saturated heterocycles. The Bertz CT molecular complexity index is 3150. The van der Waals surface area contributed by atoms with Crippen LogP contribution >= 0.6 is 0 Å². The first-order valence-electron chi connectivity index (χ1n) is 37.2. The largest absolute Gasteiger partial charge is 0.477 e. The summed E-state index contributed by atoms with van der Waals surface area (Å²) in [5, 5.41) is 318. The summed E-state index contributed by atoms with van der Waals surface area (Å²) in [4.78, 5) is 63.2. The van der Waals surface area contributed by atoms with E-state index >= 15 is 0 Å². The Hall–Kier alpha value is -4.37. The molecular formula is C65H110N4O49. The molecule has 8 aliphatic rings. The summed E-state index contributed by atoms with van der Waals surface area (Å²) in [6.45, 7) is -8.02. The Morgan fingerprint density at radius 3 is 1.21 bits per heavy atom. The summed E-state index contributed by atoms with van der Waals surface area (Å²) in [5.41, 5.74) is 0. The minimum Gasteiger partial charge on any atom is -0.477 e. The van der Waals surface area contributed by atoms with E-state index in [0.29, 0.717) is 0 Å². The fourth-order valence-corrected chi connectivity index (χ4v) is 14.6. The second-order valence-electron chi connectivity index (χ2n) is 29.4. The molecule has 53 nitrogen and oxygen atoms in total. The molecule has 8 heterocycles. The van der Waals surface area contributed by atoms with E-state index in [1.54, 1.807) is 0 Å². The van der Waals surface area contributed by atoms with Gasteiger partial charge in [-0.15, -0.1) is 0 Å². The second-order valence-corrected chi connectivity index (χ2v) is 29.4. The lowest BCUT2D eigenvalue weighted by Crippen LogP contribution is -2.70. The van der Waals surface area contributed by atoms with Gasteiger partial charge in [-0.3, -0.25) is 19.2 Å². The predicted octanol–water partition coefficient (Wildman–Crippen LogP) is -21.2. The number of carboxylic acid groups (broad SMARTS) is 1. The molecule has 53 heteroatoms. The summed E-state index contributed by atoms with van der Waals surface area (Å²) in [6, 6.07) is -7.43. The molecule has 4 amide bonds. The van der Waals surface area contributed by atoms with Gasteiger partial charge in [0.1, 0.15) is 207 Å². The fraction of sp³-hybridized carbons (Fsp3) is 0.923. The van der Waals surface area contributed by atoms with E-state index in [0.717, 1.165) is 27.7 Å². The zero-order valence-corrected chi connectivity index (χ0v) is 63.3. The Labute approximate surface area is 667 Å². The van der Waals surface area contributed by atoms with Crippen molar-refractivity contribution in [2.24, 2.45) is 0 Å². The van der Waals surface area contributed by atoms with E-state index in [2.05, 4.69) is 21.3 Å². The van der Waals surface area contributed by atoms with Crippen LogP contribution in [0.15, 0.2) is 0 Å². The lowest BCUT2D eigenvalue weighted by atomic mass is 9.88. The number of carbonyl (C=O) groups excluding carboxylic acids is 4. The highest BCUT2D eigenvalue weighted by Gasteiger charge is 2.62. The standard InChI is InChI=1S/C65H110N4O49/c1-16(78)66-20(6-70)34(85)50(23(84)8-72)112-61-49(100)54(115-63-56(46(97)38(89)26(11-75)107-63)117-58-33(69-19(4)81)42(93)51(27(12-76)109-58)113-59-47(98)43(94)36(87)24(9-73)105-59)40(91)29(110-61)14-103-62-55(45(96)37(88)25(10-74)106-62)116-57-32(68-18(3)80)41(92)52(28(13-77)108-57)114-60-48(99)44(95)39(90)30(111-60)15-104-65(64(101)102)5-21(82)31(67-17(2)79)53(118-65)35(86)22(83)7-71/h20-63,70-77,82-100H,5-15H2,1-4H3,(H,66,78)(H,67,79)(H,68,80)(H,69,81)(H,101,102)/t20-,21-,22+,23+,24+,25+,26+,27+,28+,29+,30+,31+,32+,33+,34+,35+,36-,37+,38+,39-,40+,41+,42+,43-,44-,45-,46-,47+,48+,49-,50+,51+,52+,53+,54-,55-,56-,57-,58-,59-,60-,61-,62-,63+,65+/m0/s1. The minimum absolute atomic E-state index is 0.839. The van der Waals surface area contributed by atoms with Crippen LogP contribution in [0.4, 0.5) is 0 Å². The Morgan fingerprint density at radius 1 is 0.381 bits per heavy atom. The maximum absolute atomic E-state index is 13.1. The van der Waals surface area contributed by atoms with Crippen LogP contribution in [0.2, 0.25) is 0 Å². The molecule has 32 N–H and O–H groups in total. The number of amides is 4. The highest BCUT2D eigenvalue weighted by Crippen LogP contribution is 2.40. The van der Waals surface area contributed by atoms with Gasteiger partial charge in [0.2, 0.25) is 23.6 Å². The van der Waals surface area contributed by atoms with Crippen LogP contribution < -0.4 is 21.3 Å². The Morgan fingerprint density at radius 2 is 0.771 bits per heavy atom. The smallest absolute Gasteiger partial charge is 0.364 e. The molecule has 0 radical (unpaired) electrons. The van der Waals surface area contributed by atoms with Crippen molar-refractivity contribution < 1.29 is 243 Å². The van der Waals surface area contributed by atoms with Gasteiger partial charge in [-0.25, -0.2) is 4.79 Å². The molecule has 118 heavy (non-hydrogen) atoms. The van der Waals surface area contributed by atoms with Gasteiger partial charge in [-0.05, 0) is 0 Å². The van der Waals surface area contributed by atoms with Gasteiger partial charge < -0.3 is 240 Å². The first-order chi connectivity index (χ1) is 55.6. The molecule has 0 aromatic carbocycles. The zero-order chi connectivity index (χ0) is 87.7. The molecular weight excluding hydrogens is 1620 g/mol. The topological polar surface area (TPSA) is 848 Å². The molecule has 45 atom stereocenters. The van der Waals surface area contributed by atoms with Crippen LogP contribution in [0.1, 0.15) is 34.1 Å². The average molecular weight is 1730 g/mol. The van der Waals surface area contributed by atoms with Crippen LogP contribution in [0.5, 0.6) is 0 Å². The molecule has 0 saturated carbocycles. The number of aliphatic hydroxyl groups is 27. The maximum Gasteiger partial charge on any atom is 0.364 e. The number of aliphatic carboxylic acids is 1. The van der Waals surface area contributed by atoms with Crippen LogP contribution in [0, 0.1) is 0 Å². The van der Waals surface area contributed by atoms with Crippen molar-refractivity contribution in [3.8, 4) is 0 Å². The number of rotatable bonds is 36. The van der Waals surface area contributed by atoms with Crippen LogP contribution in [0.25, 0.3) is 0 Å². The summed E-state index contributed by atoms with van der Waals surface area (Å²) >= 11 is 0. The predicted molar refractivity (Wildman–Crippen MR) is 363 cm³/mol. The number of hydrogen-bond donors (Lipinski definition) is 32. The van der Waals surface area contributed by atoms with E-state index in [9.17, 15) is 167 Å². The molecule has 0 unspecified atom stereocenters. The molecule has 8 fully saturated rings. The third-order valence-corrected chi connectivity index (χ3v) is 21.0. The fourth-order valence-electron chi connectivity index (χ4n) is 14.6. The van der Waals surface area contributed by atoms with E-state index in [-0.39, 0.29) is 0 Å².